The van der Waals surface area contributed by atoms with Crippen LogP contribution in [0.25, 0.3) is 11.0 Å². The Bertz CT molecular complexity index is 681. The second-order valence-electron chi connectivity index (χ2n) is 5.21. The van der Waals surface area contributed by atoms with Crippen LogP contribution in [0, 0.1) is 6.92 Å². The van der Waals surface area contributed by atoms with Crippen LogP contribution in [-0.4, -0.2) is 0 Å². The quantitative estimate of drug-likeness (QED) is 0.746. The van der Waals surface area contributed by atoms with E-state index in [1.165, 1.54) is 11.1 Å². The molecule has 2 heteroatoms. The lowest BCUT2D eigenvalue weighted by atomic mass is 10.0. The fourth-order valence-corrected chi connectivity index (χ4v) is 2.56. The topological polar surface area (TPSA) is 25.2 Å². The third-order valence-corrected chi connectivity index (χ3v) is 3.71. The smallest absolute Gasteiger partial charge is 0.134 e. The summed E-state index contributed by atoms with van der Waals surface area (Å²) >= 11 is 0. The predicted octanol–water partition coefficient (Wildman–Crippen LogP) is 4.59. The Hall–Kier alpha value is -2.06. The first-order valence-corrected chi connectivity index (χ1v) is 7.00. The molecule has 0 saturated carbocycles. The van der Waals surface area contributed by atoms with Gasteiger partial charge in [-0.05, 0) is 37.1 Å². The molecular weight excluding hydrogens is 246 g/mol. The van der Waals surface area contributed by atoms with E-state index in [9.17, 15) is 0 Å². The summed E-state index contributed by atoms with van der Waals surface area (Å²) in [5.41, 5.74) is 3.61. The molecule has 1 aromatic heterocycles. The van der Waals surface area contributed by atoms with Gasteiger partial charge in [-0.25, -0.2) is 0 Å². The Kier molecular flexibility index (Phi) is 3.57. The van der Waals surface area contributed by atoms with Gasteiger partial charge in [-0.1, -0.05) is 42.5 Å². The molecule has 0 fully saturated rings. The van der Waals surface area contributed by atoms with Crippen molar-refractivity contribution in [3.05, 3.63) is 71.5 Å². The normalized spacial score (nSPS) is 12.7. The average Bonchev–Trinajstić information content (AvgIpc) is 2.88. The largest absolute Gasteiger partial charge is 0.460 e. The lowest BCUT2D eigenvalue weighted by Crippen LogP contribution is -2.18. The Labute approximate surface area is 119 Å². The van der Waals surface area contributed by atoms with E-state index in [2.05, 4.69) is 55.6 Å². The Balaban J connectivity index is 1.71. The minimum atomic E-state index is 0.310. The number of para-hydroxylation sites is 1. The maximum Gasteiger partial charge on any atom is 0.134 e. The zero-order valence-corrected chi connectivity index (χ0v) is 11.9. The van der Waals surface area contributed by atoms with Gasteiger partial charge in [0.05, 0.1) is 6.54 Å². The third kappa shape index (κ3) is 2.61. The number of nitrogens with one attached hydrogen (secondary N) is 1. The van der Waals surface area contributed by atoms with Crippen molar-refractivity contribution in [2.24, 2.45) is 0 Å². The molecule has 0 amide bonds. The third-order valence-electron chi connectivity index (χ3n) is 3.71. The molecule has 0 aliphatic heterocycles. The second-order valence-corrected chi connectivity index (χ2v) is 5.21. The maximum atomic E-state index is 5.82. The molecule has 1 heterocycles. The summed E-state index contributed by atoms with van der Waals surface area (Å²) in [6, 6.07) is 19.0. The van der Waals surface area contributed by atoms with Crippen LogP contribution >= 0.6 is 0 Å². The van der Waals surface area contributed by atoms with Gasteiger partial charge >= 0.3 is 0 Å². The van der Waals surface area contributed by atoms with E-state index in [0.29, 0.717) is 6.04 Å². The summed E-state index contributed by atoms with van der Waals surface area (Å²) in [5.74, 6) is 0.978. The highest BCUT2D eigenvalue weighted by Gasteiger charge is 2.09. The van der Waals surface area contributed by atoms with Gasteiger partial charge < -0.3 is 9.73 Å². The van der Waals surface area contributed by atoms with Gasteiger partial charge in [0.2, 0.25) is 0 Å². The van der Waals surface area contributed by atoms with Gasteiger partial charge in [-0.3, -0.25) is 0 Å². The minimum Gasteiger partial charge on any atom is -0.460 e. The summed E-state index contributed by atoms with van der Waals surface area (Å²) in [7, 11) is 0. The highest BCUT2D eigenvalue weighted by atomic mass is 16.3. The fourth-order valence-electron chi connectivity index (χ4n) is 2.56. The van der Waals surface area contributed by atoms with Crippen molar-refractivity contribution in [3.8, 4) is 0 Å². The number of hydrogen-bond acceptors (Lipinski definition) is 2. The number of hydrogen-bond donors (Lipinski definition) is 1. The van der Waals surface area contributed by atoms with Crippen molar-refractivity contribution in [1.29, 1.82) is 0 Å². The maximum absolute atomic E-state index is 5.82. The van der Waals surface area contributed by atoms with E-state index < -0.39 is 0 Å². The highest BCUT2D eigenvalue weighted by molar-refractivity contribution is 5.77. The Morgan fingerprint density at radius 2 is 1.80 bits per heavy atom. The minimum absolute atomic E-state index is 0.310. The van der Waals surface area contributed by atoms with E-state index >= 15 is 0 Å². The van der Waals surface area contributed by atoms with Crippen LogP contribution in [0.4, 0.5) is 0 Å². The molecule has 0 unspecified atom stereocenters. The first-order chi connectivity index (χ1) is 9.74. The lowest BCUT2D eigenvalue weighted by Gasteiger charge is -2.15. The fraction of sp³-hybridized carbons (Fsp3) is 0.222. The summed E-state index contributed by atoms with van der Waals surface area (Å²) in [6.07, 6.45) is 0. The number of fused-ring (bicyclic) bond motifs is 1. The van der Waals surface area contributed by atoms with Gasteiger partial charge in [0.25, 0.3) is 0 Å². The van der Waals surface area contributed by atoms with Crippen LogP contribution < -0.4 is 5.32 Å². The van der Waals surface area contributed by atoms with Gasteiger partial charge in [0.15, 0.2) is 0 Å². The van der Waals surface area contributed by atoms with E-state index in [4.69, 9.17) is 4.42 Å². The van der Waals surface area contributed by atoms with E-state index in [0.717, 1.165) is 23.3 Å². The predicted molar refractivity (Wildman–Crippen MR) is 82.6 cm³/mol. The van der Waals surface area contributed by atoms with Crippen molar-refractivity contribution in [2.45, 2.75) is 26.4 Å². The summed E-state index contributed by atoms with van der Waals surface area (Å²) < 4.78 is 5.82. The number of furan rings is 1. The molecule has 3 rings (SSSR count). The molecule has 2 aromatic carbocycles. The summed E-state index contributed by atoms with van der Waals surface area (Å²) in [6.45, 7) is 5.07. The molecule has 0 aliphatic rings. The number of rotatable bonds is 4. The molecule has 0 saturated heterocycles. The molecule has 102 valence electrons. The van der Waals surface area contributed by atoms with Crippen LogP contribution in [-0.2, 0) is 6.54 Å². The Morgan fingerprint density at radius 3 is 2.60 bits per heavy atom. The van der Waals surface area contributed by atoms with Crippen molar-refractivity contribution in [3.63, 3.8) is 0 Å². The summed E-state index contributed by atoms with van der Waals surface area (Å²) in [4.78, 5) is 0. The van der Waals surface area contributed by atoms with E-state index in [1.54, 1.807) is 0 Å². The SMILES string of the molecule is Cc1ccccc1[C@@H](C)NCc1cc2ccccc2o1. The molecule has 20 heavy (non-hydrogen) atoms. The number of benzene rings is 2. The zero-order chi connectivity index (χ0) is 13.9. The van der Waals surface area contributed by atoms with Gasteiger partial charge in [-0.15, -0.1) is 0 Å². The summed E-state index contributed by atoms with van der Waals surface area (Å²) in [5, 5.41) is 4.68. The van der Waals surface area contributed by atoms with Gasteiger partial charge in [0, 0.05) is 11.4 Å². The Morgan fingerprint density at radius 1 is 1.05 bits per heavy atom. The molecule has 3 aromatic rings. The standard InChI is InChI=1S/C18H19NO/c1-13-7-3-5-9-17(13)14(2)19-12-16-11-15-8-4-6-10-18(15)20-16/h3-11,14,19H,12H2,1-2H3/t14-/m1/s1. The molecular formula is C18H19NO. The molecule has 0 spiro atoms. The van der Waals surface area contributed by atoms with Crippen molar-refractivity contribution < 1.29 is 4.42 Å². The van der Waals surface area contributed by atoms with Crippen molar-refractivity contribution in [1.82, 2.24) is 5.32 Å². The van der Waals surface area contributed by atoms with Crippen molar-refractivity contribution in [2.75, 3.05) is 0 Å². The highest BCUT2D eigenvalue weighted by Crippen LogP contribution is 2.21. The van der Waals surface area contributed by atoms with Crippen LogP contribution in [0.5, 0.6) is 0 Å². The van der Waals surface area contributed by atoms with E-state index in [-0.39, 0.29) is 0 Å². The second kappa shape index (κ2) is 5.51. The molecule has 0 radical (unpaired) electrons. The van der Waals surface area contributed by atoms with Crippen LogP contribution in [0.2, 0.25) is 0 Å². The zero-order valence-electron chi connectivity index (χ0n) is 11.9. The lowest BCUT2D eigenvalue weighted by molar-refractivity contribution is 0.481. The first-order valence-electron chi connectivity index (χ1n) is 7.00. The van der Waals surface area contributed by atoms with Crippen molar-refractivity contribution >= 4 is 11.0 Å². The van der Waals surface area contributed by atoms with E-state index in [1.807, 2.05) is 18.2 Å². The molecule has 2 nitrogen and oxygen atoms in total. The molecule has 1 atom stereocenters. The van der Waals surface area contributed by atoms with Gasteiger partial charge in [-0.2, -0.15) is 0 Å². The van der Waals surface area contributed by atoms with Crippen LogP contribution in [0.3, 0.4) is 0 Å². The first kappa shape index (κ1) is 12.9. The average molecular weight is 265 g/mol. The molecule has 1 N–H and O–H groups in total. The monoisotopic (exact) mass is 265 g/mol. The van der Waals surface area contributed by atoms with Crippen LogP contribution in [0.15, 0.2) is 59.0 Å². The number of aryl methyl sites for hydroxylation is 1. The molecule has 0 aliphatic carbocycles. The molecule has 0 bridgehead atoms. The van der Waals surface area contributed by atoms with Crippen LogP contribution in [0.1, 0.15) is 29.9 Å². The van der Waals surface area contributed by atoms with Gasteiger partial charge in [0.1, 0.15) is 11.3 Å².